The van der Waals surface area contributed by atoms with Crippen LogP contribution in [-0.2, 0) is 16.4 Å². The molecule has 7 nitrogen and oxygen atoms in total. The van der Waals surface area contributed by atoms with Crippen molar-refractivity contribution in [1.29, 1.82) is 0 Å². The summed E-state index contributed by atoms with van der Waals surface area (Å²) in [6.07, 6.45) is 1.57. The quantitative estimate of drug-likeness (QED) is 0.807. The van der Waals surface area contributed by atoms with Gasteiger partial charge in [0.2, 0.25) is 16.4 Å². The maximum Gasteiger partial charge on any atom is 0.250 e. The number of thiophene rings is 1. The Kier molecular flexibility index (Phi) is 3.41. The SMILES string of the molecule is Nc1csc(S(=O)(=O)NCCc2ncon2)c1. The van der Waals surface area contributed by atoms with Gasteiger partial charge in [0.1, 0.15) is 4.21 Å². The first-order valence-corrected chi connectivity index (χ1v) is 7.03. The number of rotatable bonds is 5. The normalized spacial score (nSPS) is 11.8. The summed E-state index contributed by atoms with van der Waals surface area (Å²) in [7, 11) is -3.49. The van der Waals surface area contributed by atoms with Crippen LogP contribution in [0, 0.1) is 0 Å². The first kappa shape index (κ1) is 12.0. The number of anilines is 1. The van der Waals surface area contributed by atoms with Crippen molar-refractivity contribution in [3.63, 3.8) is 0 Å². The van der Waals surface area contributed by atoms with Crippen LogP contribution in [0.3, 0.4) is 0 Å². The summed E-state index contributed by atoms with van der Waals surface area (Å²) in [6.45, 7) is 0.208. The van der Waals surface area contributed by atoms with Gasteiger partial charge in [-0.15, -0.1) is 11.3 Å². The molecule has 92 valence electrons. The van der Waals surface area contributed by atoms with Gasteiger partial charge in [-0.1, -0.05) is 5.16 Å². The van der Waals surface area contributed by atoms with Gasteiger partial charge in [-0.25, -0.2) is 13.1 Å². The topological polar surface area (TPSA) is 111 Å². The van der Waals surface area contributed by atoms with E-state index < -0.39 is 10.0 Å². The molecule has 2 heterocycles. The molecule has 0 fully saturated rings. The number of nitrogen functional groups attached to an aromatic ring is 1. The standard InChI is InChI=1S/C8H10N4O3S2/c9-6-3-8(16-4-6)17(13,14)11-2-1-7-10-5-15-12-7/h3-5,11H,1-2,9H2. The zero-order valence-electron chi connectivity index (χ0n) is 8.66. The third kappa shape index (κ3) is 3.02. The predicted octanol–water partition coefficient (Wildman–Crippen LogP) is 0.234. The Hall–Kier alpha value is -1.45. The zero-order chi connectivity index (χ0) is 12.3. The second kappa shape index (κ2) is 4.82. The Morgan fingerprint density at radius 1 is 1.53 bits per heavy atom. The summed E-state index contributed by atoms with van der Waals surface area (Å²) in [6, 6.07) is 1.42. The third-order valence-electron chi connectivity index (χ3n) is 1.91. The summed E-state index contributed by atoms with van der Waals surface area (Å²) in [5.74, 6) is 0.457. The molecular formula is C8H10N4O3S2. The van der Waals surface area contributed by atoms with Crippen LogP contribution < -0.4 is 10.5 Å². The van der Waals surface area contributed by atoms with Crippen molar-refractivity contribution in [3.8, 4) is 0 Å². The Morgan fingerprint density at radius 3 is 2.94 bits per heavy atom. The molecule has 0 bridgehead atoms. The molecule has 0 saturated heterocycles. The van der Waals surface area contributed by atoms with Crippen LogP contribution in [0.4, 0.5) is 5.69 Å². The number of hydrogen-bond acceptors (Lipinski definition) is 7. The molecule has 2 aromatic heterocycles. The number of aromatic nitrogens is 2. The molecule has 2 rings (SSSR count). The van der Waals surface area contributed by atoms with Crippen LogP contribution in [0.2, 0.25) is 0 Å². The Morgan fingerprint density at radius 2 is 2.35 bits per heavy atom. The van der Waals surface area contributed by atoms with E-state index in [-0.39, 0.29) is 10.8 Å². The van der Waals surface area contributed by atoms with Crippen molar-refractivity contribution in [1.82, 2.24) is 14.9 Å². The number of hydrogen-bond donors (Lipinski definition) is 2. The highest BCUT2D eigenvalue weighted by molar-refractivity contribution is 7.91. The molecule has 3 N–H and O–H groups in total. The molecule has 0 aliphatic heterocycles. The molecule has 0 amide bonds. The maximum absolute atomic E-state index is 11.8. The highest BCUT2D eigenvalue weighted by Gasteiger charge is 2.15. The van der Waals surface area contributed by atoms with Crippen molar-refractivity contribution in [2.75, 3.05) is 12.3 Å². The van der Waals surface area contributed by atoms with E-state index >= 15 is 0 Å². The molecule has 17 heavy (non-hydrogen) atoms. The number of nitrogens with two attached hydrogens (primary N) is 1. The van der Waals surface area contributed by atoms with E-state index in [0.717, 1.165) is 11.3 Å². The van der Waals surface area contributed by atoms with Gasteiger partial charge in [0.25, 0.3) is 0 Å². The number of sulfonamides is 1. The minimum absolute atomic E-state index is 0.197. The van der Waals surface area contributed by atoms with E-state index in [2.05, 4.69) is 19.4 Å². The van der Waals surface area contributed by atoms with Gasteiger partial charge >= 0.3 is 0 Å². The third-order valence-corrected chi connectivity index (χ3v) is 4.83. The molecule has 0 unspecified atom stereocenters. The molecule has 0 aliphatic rings. The van der Waals surface area contributed by atoms with Gasteiger partial charge in [0.05, 0.1) is 0 Å². The molecular weight excluding hydrogens is 264 g/mol. The molecule has 2 aromatic rings. The van der Waals surface area contributed by atoms with Gasteiger partial charge in [0.15, 0.2) is 5.82 Å². The minimum atomic E-state index is -3.49. The zero-order valence-corrected chi connectivity index (χ0v) is 10.3. The average molecular weight is 274 g/mol. The van der Waals surface area contributed by atoms with Crippen LogP contribution in [0.5, 0.6) is 0 Å². The molecule has 0 saturated carbocycles. The van der Waals surface area contributed by atoms with Crippen LogP contribution in [0.1, 0.15) is 5.82 Å². The number of nitrogens with one attached hydrogen (secondary N) is 1. The van der Waals surface area contributed by atoms with Gasteiger partial charge in [0, 0.05) is 24.0 Å². The van der Waals surface area contributed by atoms with Crippen LogP contribution >= 0.6 is 11.3 Å². The summed E-state index contributed by atoms with van der Waals surface area (Å²) < 4.78 is 30.7. The van der Waals surface area contributed by atoms with Crippen molar-refractivity contribution >= 4 is 27.0 Å². The minimum Gasteiger partial charge on any atom is -0.398 e. The van der Waals surface area contributed by atoms with Gasteiger partial charge in [-0.3, -0.25) is 0 Å². The van der Waals surface area contributed by atoms with Crippen molar-refractivity contribution < 1.29 is 12.9 Å². The largest absolute Gasteiger partial charge is 0.398 e. The van der Waals surface area contributed by atoms with Gasteiger partial charge in [-0.2, -0.15) is 4.98 Å². The Bertz CT molecular complexity index is 576. The Balaban J connectivity index is 1.94. The van der Waals surface area contributed by atoms with E-state index in [1.54, 1.807) is 5.38 Å². The fourth-order valence-electron chi connectivity index (χ4n) is 1.14. The van der Waals surface area contributed by atoms with E-state index in [0.29, 0.717) is 17.9 Å². The van der Waals surface area contributed by atoms with E-state index in [1.807, 2.05) is 0 Å². The lowest BCUT2D eigenvalue weighted by molar-refractivity contribution is 0.410. The monoisotopic (exact) mass is 274 g/mol. The molecule has 0 aliphatic carbocycles. The fourth-order valence-corrected chi connectivity index (χ4v) is 3.30. The molecule has 0 spiro atoms. The molecule has 0 aromatic carbocycles. The summed E-state index contributed by atoms with van der Waals surface area (Å²) in [5.41, 5.74) is 5.91. The maximum atomic E-state index is 11.8. The lowest BCUT2D eigenvalue weighted by atomic mass is 10.4. The van der Waals surface area contributed by atoms with Crippen molar-refractivity contribution in [3.05, 3.63) is 23.7 Å². The van der Waals surface area contributed by atoms with Gasteiger partial charge < -0.3 is 10.3 Å². The lowest BCUT2D eigenvalue weighted by Gasteiger charge is -2.02. The summed E-state index contributed by atoms with van der Waals surface area (Å²) >= 11 is 1.08. The number of nitrogens with zero attached hydrogens (tertiary/aromatic N) is 2. The molecule has 9 heteroatoms. The van der Waals surface area contributed by atoms with Crippen LogP contribution in [-0.4, -0.2) is 25.1 Å². The highest BCUT2D eigenvalue weighted by Crippen LogP contribution is 2.21. The average Bonchev–Trinajstić information content (AvgIpc) is 2.89. The van der Waals surface area contributed by atoms with E-state index in [4.69, 9.17) is 5.73 Å². The van der Waals surface area contributed by atoms with E-state index in [1.165, 1.54) is 12.5 Å². The van der Waals surface area contributed by atoms with Gasteiger partial charge in [-0.05, 0) is 6.07 Å². The van der Waals surface area contributed by atoms with Crippen molar-refractivity contribution in [2.24, 2.45) is 0 Å². The smallest absolute Gasteiger partial charge is 0.250 e. The molecule has 0 radical (unpaired) electrons. The summed E-state index contributed by atoms with van der Waals surface area (Å²) in [4.78, 5) is 3.78. The van der Waals surface area contributed by atoms with Crippen molar-refractivity contribution in [2.45, 2.75) is 10.6 Å². The van der Waals surface area contributed by atoms with Crippen LogP contribution in [0.15, 0.2) is 26.6 Å². The first-order chi connectivity index (χ1) is 8.08. The first-order valence-electron chi connectivity index (χ1n) is 4.67. The van der Waals surface area contributed by atoms with E-state index in [9.17, 15) is 8.42 Å². The predicted molar refractivity (Wildman–Crippen MR) is 61.9 cm³/mol. The second-order valence-corrected chi connectivity index (χ2v) is 6.10. The molecule has 0 atom stereocenters. The second-order valence-electron chi connectivity index (χ2n) is 3.19. The van der Waals surface area contributed by atoms with Crippen LogP contribution in [0.25, 0.3) is 0 Å². The lowest BCUT2D eigenvalue weighted by Crippen LogP contribution is -2.25. The summed E-state index contributed by atoms with van der Waals surface area (Å²) in [5, 5.41) is 5.15. The highest BCUT2D eigenvalue weighted by atomic mass is 32.2. The Labute approximate surface area is 102 Å². The fraction of sp³-hybridized carbons (Fsp3) is 0.250.